The number of hydrazone groups is 1. The normalized spacial score (nSPS) is 16.7. The molecule has 1 heterocycles. The van der Waals surface area contributed by atoms with Gasteiger partial charge in [0.25, 0.3) is 5.91 Å². The first-order chi connectivity index (χ1) is 33.1. The SMILES string of the molecule is CCC1(CC)c2ccccc2-c2ccc(N(c3ccc4c(c3)C(CC)(CC)c3ccccc3-4)c3ccc4c(c3)C(CC)(CC)c3cc(C=C5C(=O)N(c6ccccc6)N=C5C(=O)O)ccc3-4)cc21. The maximum absolute atomic E-state index is 13.9. The van der Waals surface area contributed by atoms with Crippen LogP contribution in [-0.2, 0) is 25.8 Å². The molecule has 0 aromatic heterocycles. The number of carboxylic acids is 1. The number of carboxylic acid groups (broad SMARTS) is 1. The molecule has 1 amide bonds. The van der Waals surface area contributed by atoms with Crippen molar-refractivity contribution >= 4 is 46.4 Å². The van der Waals surface area contributed by atoms with Crippen molar-refractivity contribution in [2.75, 3.05) is 9.91 Å². The summed E-state index contributed by atoms with van der Waals surface area (Å²) in [4.78, 5) is 28.9. The van der Waals surface area contributed by atoms with E-state index in [9.17, 15) is 14.7 Å². The topological polar surface area (TPSA) is 73.2 Å². The largest absolute Gasteiger partial charge is 0.476 e. The highest BCUT2D eigenvalue weighted by Crippen LogP contribution is 2.58. The van der Waals surface area contributed by atoms with Gasteiger partial charge in [-0.05, 0) is 165 Å². The Kier molecular flexibility index (Phi) is 10.3. The molecule has 0 saturated carbocycles. The molecular weight excluding hydrogens is 835 g/mol. The number of rotatable bonds is 12. The van der Waals surface area contributed by atoms with Crippen molar-refractivity contribution in [3.8, 4) is 33.4 Å². The third kappa shape index (κ3) is 5.98. The van der Waals surface area contributed by atoms with Crippen LogP contribution in [0.25, 0.3) is 39.5 Å². The quantitative estimate of drug-likeness (QED) is 0.124. The standard InChI is InChI=1S/C62H57N3O3/c1-7-60(8-2)51-24-18-16-22-44(51)47-31-27-41(36-54(47)60)64(42-28-32-48-45-23-17-19-25-52(45)61(9-3,10-4)55(48)37-42)43-29-33-49-46-30-26-39(35-53(46)62(11-5,12-6)56(49)38-43)34-50-57(59(67)68)63-65(58(50)66)40-20-14-13-15-21-40/h13-38H,7-12H2,1-6H3,(H,67,68). The minimum atomic E-state index is -1.24. The number of anilines is 4. The van der Waals surface area contributed by atoms with Crippen LogP contribution in [0.5, 0.6) is 0 Å². The van der Waals surface area contributed by atoms with Crippen molar-refractivity contribution in [2.45, 2.75) is 96.3 Å². The summed E-state index contributed by atoms with van der Waals surface area (Å²) in [7, 11) is 0. The monoisotopic (exact) mass is 891 g/mol. The smallest absolute Gasteiger partial charge is 0.357 e. The third-order valence-corrected chi connectivity index (χ3v) is 16.7. The molecule has 0 saturated heterocycles. The van der Waals surface area contributed by atoms with E-state index in [0.717, 1.165) is 66.7 Å². The van der Waals surface area contributed by atoms with Crippen molar-refractivity contribution in [1.29, 1.82) is 0 Å². The highest BCUT2D eigenvalue weighted by Gasteiger charge is 2.45. The lowest BCUT2D eigenvalue weighted by molar-refractivity contribution is -0.129. The Balaban J connectivity index is 1.07. The molecule has 7 aromatic carbocycles. The molecule has 0 spiro atoms. The number of carbonyl (C=O) groups excluding carboxylic acids is 1. The van der Waals surface area contributed by atoms with Crippen LogP contribution >= 0.6 is 0 Å². The van der Waals surface area contributed by atoms with Gasteiger partial charge in [-0.3, -0.25) is 4.79 Å². The van der Waals surface area contributed by atoms with Crippen LogP contribution in [0.1, 0.15) is 119 Å². The van der Waals surface area contributed by atoms with Crippen LogP contribution in [0, 0.1) is 0 Å². The highest BCUT2D eigenvalue weighted by atomic mass is 16.4. The molecule has 0 fully saturated rings. The average Bonchev–Trinajstić information content (AvgIpc) is 4.05. The Labute approximate surface area is 400 Å². The van der Waals surface area contributed by atoms with Gasteiger partial charge in [0.15, 0.2) is 5.71 Å². The lowest BCUT2D eigenvalue weighted by Gasteiger charge is -2.34. The van der Waals surface area contributed by atoms with Crippen LogP contribution in [-0.4, -0.2) is 22.7 Å². The van der Waals surface area contributed by atoms with Gasteiger partial charge in [-0.25, -0.2) is 4.79 Å². The Morgan fingerprint density at radius 1 is 0.500 bits per heavy atom. The molecule has 1 N–H and O–H groups in total. The van der Waals surface area contributed by atoms with Gasteiger partial charge in [0.1, 0.15) is 0 Å². The molecule has 1 aliphatic heterocycles. The van der Waals surface area contributed by atoms with Gasteiger partial charge >= 0.3 is 5.97 Å². The number of fused-ring (bicyclic) bond motifs is 9. The van der Waals surface area contributed by atoms with Gasteiger partial charge in [0.05, 0.1) is 11.3 Å². The van der Waals surface area contributed by atoms with E-state index in [4.69, 9.17) is 0 Å². The second-order valence-electron chi connectivity index (χ2n) is 19.1. The molecule has 11 rings (SSSR count). The van der Waals surface area contributed by atoms with Crippen LogP contribution in [0.3, 0.4) is 0 Å². The predicted molar refractivity (Wildman–Crippen MR) is 278 cm³/mol. The first-order valence-corrected chi connectivity index (χ1v) is 24.6. The number of hydrogen-bond acceptors (Lipinski definition) is 4. The second-order valence-corrected chi connectivity index (χ2v) is 19.1. The predicted octanol–water partition coefficient (Wildman–Crippen LogP) is 15.3. The molecule has 0 atom stereocenters. The first-order valence-electron chi connectivity index (χ1n) is 24.6. The summed E-state index contributed by atoms with van der Waals surface area (Å²) in [5.41, 5.74) is 19.8. The van der Waals surface area contributed by atoms with Crippen molar-refractivity contribution in [3.63, 3.8) is 0 Å². The molecule has 338 valence electrons. The van der Waals surface area contributed by atoms with Crippen LogP contribution in [0.2, 0.25) is 0 Å². The molecule has 6 heteroatoms. The zero-order valence-corrected chi connectivity index (χ0v) is 39.9. The summed E-state index contributed by atoms with van der Waals surface area (Å²) in [5.74, 6) is -1.70. The average molecular weight is 892 g/mol. The van der Waals surface area contributed by atoms with E-state index in [2.05, 4.69) is 167 Å². The fourth-order valence-corrected chi connectivity index (χ4v) is 13.0. The van der Waals surface area contributed by atoms with Crippen molar-refractivity contribution in [1.82, 2.24) is 0 Å². The zero-order valence-electron chi connectivity index (χ0n) is 39.9. The van der Waals surface area contributed by atoms with Crippen LogP contribution < -0.4 is 9.91 Å². The van der Waals surface area contributed by atoms with Crippen LogP contribution in [0.15, 0.2) is 162 Å². The zero-order chi connectivity index (χ0) is 47.1. The summed E-state index contributed by atoms with van der Waals surface area (Å²) in [6.45, 7) is 13.9. The van der Waals surface area contributed by atoms with Gasteiger partial charge in [-0.15, -0.1) is 0 Å². The van der Waals surface area contributed by atoms with E-state index in [0.29, 0.717) is 5.69 Å². The van der Waals surface area contributed by atoms with E-state index >= 15 is 0 Å². The summed E-state index contributed by atoms with van der Waals surface area (Å²) < 4.78 is 0. The first kappa shape index (κ1) is 43.3. The fourth-order valence-electron chi connectivity index (χ4n) is 13.0. The molecule has 4 aliphatic rings. The highest BCUT2D eigenvalue weighted by molar-refractivity contribution is 6.53. The lowest BCUT2D eigenvalue weighted by Crippen LogP contribution is -2.25. The Morgan fingerprint density at radius 3 is 1.32 bits per heavy atom. The van der Waals surface area contributed by atoms with Gasteiger partial charge in [0.2, 0.25) is 0 Å². The minimum absolute atomic E-state index is 0.0635. The Hall–Kier alpha value is -7.31. The van der Waals surface area contributed by atoms with Gasteiger partial charge < -0.3 is 10.0 Å². The van der Waals surface area contributed by atoms with E-state index in [-0.39, 0.29) is 27.5 Å². The van der Waals surface area contributed by atoms with Gasteiger partial charge in [0, 0.05) is 33.3 Å². The molecule has 0 unspecified atom stereocenters. The van der Waals surface area contributed by atoms with E-state index in [1.165, 1.54) is 66.2 Å². The number of hydrogen-bond donors (Lipinski definition) is 1. The Morgan fingerprint density at radius 2 is 0.882 bits per heavy atom. The maximum atomic E-state index is 13.9. The number of para-hydroxylation sites is 1. The van der Waals surface area contributed by atoms with Crippen LogP contribution in [0.4, 0.5) is 22.7 Å². The summed E-state index contributed by atoms with van der Waals surface area (Å²) in [6, 6.07) is 54.7. The molecule has 6 nitrogen and oxygen atoms in total. The minimum Gasteiger partial charge on any atom is -0.476 e. The van der Waals surface area contributed by atoms with Crippen molar-refractivity contribution in [3.05, 3.63) is 196 Å². The molecule has 0 bridgehead atoms. The molecule has 7 aromatic rings. The number of benzene rings is 7. The molecule has 0 radical (unpaired) electrons. The van der Waals surface area contributed by atoms with Crippen molar-refractivity contribution < 1.29 is 14.7 Å². The fraction of sp³-hybridized carbons (Fsp3) is 0.242. The summed E-state index contributed by atoms with van der Waals surface area (Å²) >= 11 is 0. The molecule has 3 aliphatic carbocycles. The van der Waals surface area contributed by atoms with Gasteiger partial charge in [-0.1, -0.05) is 145 Å². The number of aliphatic carboxylic acids is 1. The van der Waals surface area contributed by atoms with Crippen molar-refractivity contribution in [2.24, 2.45) is 5.10 Å². The van der Waals surface area contributed by atoms with E-state index in [1.807, 2.05) is 12.1 Å². The number of carbonyl (C=O) groups is 2. The second kappa shape index (κ2) is 16.2. The maximum Gasteiger partial charge on any atom is 0.357 e. The third-order valence-electron chi connectivity index (χ3n) is 16.7. The Bertz CT molecular complexity index is 3160. The van der Waals surface area contributed by atoms with E-state index < -0.39 is 11.9 Å². The molecule has 68 heavy (non-hydrogen) atoms. The lowest BCUT2D eigenvalue weighted by atomic mass is 9.73. The summed E-state index contributed by atoms with van der Waals surface area (Å²) in [6.07, 6.45) is 7.46. The number of nitrogens with zero attached hydrogens (tertiary/aromatic N) is 3. The molecular formula is C62H57N3O3. The summed E-state index contributed by atoms with van der Waals surface area (Å²) in [5, 5.41) is 15.7. The number of amides is 1. The van der Waals surface area contributed by atoms with E-state index in [1.54, 1.807) is 30.3 Å². The van der Waals surface area contributed by atoms with Gasteiger partial charge in [-0.2, -0.15) is 10.1 Å².